The van der Waals surface area contributed by atoms with Crippen molar-refractivity contribution in [3.05, 3.63) is 84.1 Å². The second-order valence-electron chi connectivity index (χ2n) is 9.77. The predicted octanol–water partition coefficient (Wildman–Crippen LogP) is 6.47. The second-order valence-corrected chi connectivity index (χ2v) is 14.8. The molecule has 0 unspecified atom stereocenters. The van der Waals surface area contributed by atoms with Crippen LogP contribution in [0.1, 0.15) is 11.1 Å². The molecule has 0 radical (unpaired) electrons. The Morgan fingerprint density at radius 3 is 2.30 bits per heavy atom. The molecule has 0 atom stereocenters. The first-order valence-electron chi connectivity index (χ1n) is 11.2. The summed E-state index contributed by atoms with van der Waals surface area (Å²) in [7, 11) is 0.698. The zero-order chi connectivity index (χ0) is 23.3. The third-order valence-electron chi connectivity index (χ3n) is 6.46. The molecular formula is C29H27N2OSi+. The quantitative estimate of drug-likeness (QED) is 0.235. The molecule has 3 aromatic carbocycles. The van der Waals surface area contributed by atoms with E-state index in [9.17, 15) is 5.26 Å². The third kappa shape index (κ3) is 3.55. The average molecular weight is 448 g/mol. The van der Waals surface area contributed by atoms with E-state index >= 15 is 0 Å². The van der Waals surface area contributed by atoms with Crippen LogP contribution >= 0.6 is 0 Å². The van der Waals surface area contributed by atoms with Gasteiger partial charge in [-0.25, -0.2) is 4.57 Å². The van der Waals surface area contributed by atoms with E-state index in [0.29, 0.717) is 5.56 Å². The Bertz CT molecular complexity index is 1560. The maximum atomic E-state index is 9.88. The van der Waals surface area contributed by atoms with Crippen LogP contribution in [0.4, 0.5) is 0 Å². The minimum Gasteiger partial charge on any atom is -0.455 e. The Kier molecular flexibility index (Phi) is 4.95. The molecule has 0 aliphatic heterocycles. The summed E-state index contributed by atoms with van der Waals surface area (Å²) >= 11 is 0. The Balaban J connectivity index is 1.74. The first-order valence-corrected chi connectivity index (χ1v) is 14.7. The minimum absolute atomic E-state index is 0.649. The number of furan rings is 1. The lowest BCUT2D eigenvalue weighted by molar-refractivity contribution is -0.660. The largest absolute Gasteiger partial charge is 0.455 e. The molecule has 0 aliphatic rings. The Hall–Kier alpha value is -3.68. The van der Waals surface area contributed by atoms with Gasteiger partial charge in [0.2, 0.25) is 5.69 Å². The second kappa shape index (κ2) is 7.72. The number of rotatable bonds is 3. The predicted molar refractivity (Wildman–Crippen MR) is 138 cm³/mol. The molecule has 2 heterocycles. The standard InChI is InChI=1S/C29H27N2OSi/c1-19-16-22(18-30)28-24-14-11-21(20-9-12-23(13-10-20)33(3,4)5)17-26(24)32-29(28)27(19)25-8-6-7-15-31(25)2/h6-17H,1-5H3/q+1. The summed E-state index contributed by atoms with van der Waals surface area (Å²) < 4.78 is 8.59. The Morgan fingerprint density at radius 2 is 1.64 bits per heavy atom. The summed E-state index contributed by atoms with van der Waals surface area (Å²) in [5.41, 5.74) is 7.64. The van der Waals surface area contributed by atoms with Gasteiger partial charge in [-0.3, -0.25) is 0 Å². The molecule has 5 aromatic rings. The topological polar surface area (TPSA) is 40.8 Å². The van der Waals surface area contributed by atoms with Crippen LogP contribution in [0.5, 0.6) is 0 Å². The van der Waals surface area contributed by atoms with E-state index in [1.54, 1.807) is 0 Å². The Labute approximate surface area is 195 Å². The molecule has 0 aliphatic carbocycles. The third-order valence-corrected chi connectivity index (χ3v) is 8.52. The molecule has 0 spiro atoms. The molecule has 162 valence electrons. The lowest BCUT2D eigenvalue weighted by Crippen LogP contribution is -2.37. The van der Waals surface area contributed by atoms with Gasteiger partial charge in [0.1, 0.15) is 12.6 Å². The maximum absolute atomic E-state index is 9.88. The molecule has 2 aromatic heterocycles. The van der Waals surface area contributed by atoms with Crippen LogP contribution in [0, 0.1) is 18.3 Å². The van der Waals surface area contributed by atoms with Crippen LogP contribution in [0.15, 0.2) is 77.3 Å². The van der Waals surface area contributed by atoms with E-state index < -0.39 is 8.07 Å². The summed E-state index contributed by atoms with van der Waals surface area (Å²) in [6.45, 7) is 9.13. The summed E-state index contributed by atoms with van der Waals surface area (Å²) in [5.74, 6) is 0. The van der Waals surface area contributed by atoms with E-state index in [4.69, 9.17) is 4.42 Å². The first-order chi connectivity index (χ1) is 15.8. The number of aromatic nitrogens is 1. The highest BCUT2D eigenvalue weighted by Crippen LogP contribution is 2.40. The van der Waals surface area contributed by atoms with Crippen LogP contribution in [-0.2, 0) is 7.05 Å². The van der Waals surface area contributed by atoms with Gasteiger partial charge in [0.15, 0.2) is 11.8 Å². The van der Waals surface area contributed by atoms with Crippen LogP contribution in [0.3, 0.4) is 0 Å². The van der Waals surface area contributed by atoms with E-state index in [2.05, 4.69) is 78.8 Å². The SMILES string of the molecule is Cc1cc(C#N)c2c(oc3cc(-c4ccc([Si](C)(C)C)cc4)ccc32)c1-c1cccc[n+]1C. The number of hydrogen-bond donors (Lipinski definition) is 0. The summed E-state index contributed by atoms with van der Waals surface area (Å²) in [6, 6.07) is 25.7. The van der Waals surface area contributed by atoms with E-state index in [1.807, 2.05) is 38.4 Å². The summed E-state index contributed by atoms with van der Waals surface area (Å²) in [4.78, 5) is 0. The number of nitrogens with zero attached hydrogens (tertiary/aromatic N) is 2. The number of fused-ring (bicyclic) bond motifs is 3. The molecular weight excluding hydrogens is 420 g/mol. The van der Waals surface area contributed by atoms with Crippen molar-refractivity contribution in [3.63, 3.8) is 0 Å². The molecule has 4 heteroatoms. The summed E-state index contributed by atoms with van der Waals surface area (Å²) in [5, 5.41) is 13.2. The monoisotopic (exact) mass is 447 g/mol. The van der Waals surface area contributed by atoms with Crippen molar-refractivity contribution >= 4 is 35.2 Å². The van der Waals surface area contributed by atoms with Gasteiger partial charge < -0.3 is 4.42 Å². The fourth-order valence-electron chi connectivity index (χ4n) is 4.61. The number of aryl methyl sites for hydroxylation is 2. The van der Waals surface area contributed by atoms with Crippen LogP contribution in [0.25, 0.3) is 44.3 Å². The fourth-order valence-corrected chi connectivity index (χ4v) is 5.78. The van der Waals surface area contributed by atoms with Crippen molar-refractivity contribution < 1.29 is 8.98 Å². The molecule has 3 nitrogen and oxygen atoms in total. The molecule has 0 bridgehead atoms. The molecule has 5 rings (SSSR count). The highest BCUT2D eigenvalue weighted by Gasteiger charge is 2.23. The highest BCUT2D eigenvalue weighted by atomic mass is 28.3. The van der Waals surface area contributed by atoms with E-state index in [-0.39, 0.29) is 0 Å². The van der Waals surface area contributed by atoms with Crippen LogP contribution < -0.4 is 9.75 Å². The first kappa shape index (κ1) is 21.2. The smallest absolute Gasteiger partial charge is 0.216 e. The molecule has 0 saturated carbocycles. The highest BCUT2D eigenvalue weighted by molar-refractivity contribution is 6.88. The van der Waals surface area contributed by atoms with Crippen molar-refractivity contribution in [2.75, 3.05) is 0 Å². The number of pyridine rings is 1. The maximum Gasteiger partial charge on any atom is 0.216 e. The van der Waals surface area contributed by atoms with Crippen molar-refractivity contribution in [3.8, 4) is 28.5 Å². The molecule has 0 saturated heterocycles. The van der Waals surface area contributed by atoms with Gasteiger partial charge in [-0.2, -0.15) is 5.26 Å². The average Bonchev–Trinajstić information content (AvgIpc) is 3.17. The molecule has 33 heavy (non-hydrogen) atoms. The van der Waals surface area contributed by atoms with Gasteiger partial charge in [-0.05, 0) is 47.9 Å². The minimum atomic E-state index is -1.33. The van der Waals surface area contributed by atoms with Crippen LogP contribution in [-0.4, -0.2) is 8.07 Å². The lowest BCUT2D eigenvalue weighted by atomic mass is 9.96. The van der Waals surface area contributed by atoms with Gasteiger partial charge in [0.25, 0.3) is 0 Å². The molecule has 0 fully saturated rings. The van der Waals surface area contributed by atoms with Crippen molar-refractivity contribution in [1.29, 1.82) is 5.26 Å². The van der Waals surface area contributed by atoms with Crippen molar-refractivity contribution in [1.82, 2.24) is 0 Å². The van der Waals surface area contributed by atoms with E-state index in [0.717, 1.165) is 44.3 Å². The van der Waals surface area contributed by atoms with Gasteiger partial charge >= 0.3 is 0 Å². The lowest BCUT2D eigenvalue weighted by Gasteiger charge is -2.16. The van der Waals surface area contributed by atoms with Gasteiger partial charge in [0.05, 0.1) is 25.3 Å². The van der Waals surface area contributed by atoms with Crippen molar-refractivity contribution in [2.24, 2.45) is 7.05 Å². The van der Waals surface area contributed by atoms with Crippen molar-refractivity contribution in [2.45, 2.75) is 26.6 Å². The zero-order valence-corrected chi connectivity index (χ0v) is 20.7. The molecule has 0 amide bonds. The Morgan fingerprint density at radius 1 is 0.909 bits per heavy atom. The number of benzene rings is 3. The number of hydrogen-bond acceptors (Lipinski definition) is 2. The zero-order valence-electron chi connectivity index (χ0n) is 19.7. The molecule has 0 N–H and O–H groups in total. The van der Waals surface area contributed by atoms with Gasteiger partial charge in [-0.15, -0.1) is 0 Å². The summed E-state index contributed by atoms with van der Waals surface area (Å²) in [6.07, 6.45) is 2.03. The van der Waals surface area contributed by atoms with E-state index in [1.165, 1.54) is 10.8 Å². The van der Waals surface area contributed by atoms with Gasteiger partial charge in [0, 0.05) is 22.9 Å². The normalized spacial score (nSPS) is 11.8. The number of nitriles is 1. The van der Waals surface area contributed by atoms with Crippen LogP contribution in [0.2, 0.25) is 19.6 Å². The fraction of sp³-hybridized carbons (Fsp3) is 0.172. The van der Waals surface area contributed by atoms with Gasteiger partial charge in [-0.1, -0.05) is 55.2 Å².